The van der Waals surface area contributed by atoms with Crippen molar-refractivity contribution in [3.8, 4) is 6.07 Å². The zero-order valence-electron chi connectivity index (χ0n) is 15.8. The molecule has 6 nitrogen and oxygen atoms in total. The number of fused-ring (bicyclic) bond motifs is 1. The Bertz CT molecular complexity index is 1120. The molecule has 1 unspecified atom stereocenters. The fraction of sp³-hybridized carbons (Fsp3) is 0.286. The van der Waals surface area contributed by atoms with E-state index in [1.807, 2.05) is 18.0 Å². The van der Waals surface area contributed by atoms with Crippen LogP contribution in [0.3, 0.4) is 0 Å². The molecular formula is C21H19F2N5O. The second-order valence-electron chi connectivity index (χ2n) is 7.31. The van der Waals surface area contributed by atoms with Gasteiger partial charge in [0.1, 0.15) is 17.5 Å². The number of benzene rings is 1. The van der Waals surface area contributed by atoms with E-state index < -0.39 is 11.6 Å². The van der Waals surface area contributed by atoms with Crippen molar-refractivity contribution < 1.29 is 13.6 Å². The Morgan fingerprint density at radius 3 is 2.93 bits per heavy atom. The summed E-state index contributed by atoms with van der Waals surface area (Å²) in [5.74, 6) is -1.82. The summed E-state index contributed by atoms with van der Waals surface area (Å²) in [7, 11) is 1.91. The zero-order chi connectivity index (χ0) is 20.5. The number of nitrogens with zero attached hydrogens (tertiary/aromatic N) is 4. The summed E-state index contributed by atoms with van der Waals surface area (Å²) in [4.78, 5) is 23.8. The molecule has 29 heavy (non-hydrogen) atoms. The molecule has 0 spiro atoms. The topological polar surface area (TPSA) is 76.0 Å². The van der Waals surface area contributed by atoms with Crippen LogP contribution in [0, 0.1) is 23.0 Å². The fourth-order valence-corrected chi connectivity index (χ4v) is 3.72. The molecule has 1 atom stereocenters. The van der Waals surface area contributed by atoms with Crippen LogP contribution in [0.25, 0.3) is 10.9 Å². The summed E-state index contributed by atoms with van der Waals surface area (Å²) in [6.07, 6.45) is 2.35. The SMILES string of the molecule is CN(Cc1ccc(F)c(F)c1)C1CCN(C(=O)c2cc3cc(C#N)ncc3[nH]2)C1. The van der Waals surface area contributed by atoms with E-state index in [0.717, 1.165) is 17.9 Å². The van der Waals surface area contributed by atoms with Crippen LogP contribution < -0.4 is 0 Å². The second kappa shape index (κ2) is 7.60. The standard InChI is InChI=1S/C21H19F2N5O/c1-27(11-13-2-3-17(22)18(23)6-13)16-4-5-28(12-16)21(29)19-8-14-7-15(9-24)25-10-20(14)26-19/h2-3,6-8,10,16,26H,4-5,11-12H2,1H3. The van der Waals surface area contributed by atoms with Gasteiger partial charge in [0.15, 0.2) is 11.6 Å². The minimum Gasteiger partial charge on any atom is -0.349 e. The molecule has 0 bridgehead atoms. The highest BCUT2D eigenvalue weighted by Gasteiger charge is 2.30. The molecule has 0 aliphatic carbocycles. The summed E-state index contributed by atoms with van der Waals surface area (Å²) >= 11 is 0. The highest BCUT2D eigenvalue weighted by atomic mass is 19.2. The minimum atomic E-state index is -0.857. The number of hydrogen-bond donors (Lipinski definition) is 1. The Morgan fingerprint density at radius 2 is 2.17 bits per heavy atom. The molecule has 2 aromatic heterocycles. The zero-order valence-corrected chi connectivity index (χ0v) is 15.8. The van der Waals surface area contributed by atoms with Crippen LogP contribution in [0.4, 0.5) is 8.78 Å². The molecule has 1 amide bonds. The van der Waals surface area contributed by atoms with Gasteiger partial charge in [-0.2, -0.15) is 5.26 Å². The number of carbonyl (C=O) groups excluding carboxylic acids is 1. The largest absolute Gasteiger partial charge is 0.349 e. The Kier molecular flexibility index (Phi) is 4.99. The lowest BCUT2D eigenvalue weighted by atomic mass is 10.1. The molecule has 3 heterocycles. The van der Waals surface area contributed by atoms with Crippen molar-refractivity contribution >= 4 is 16.8 Å². The first-order valence-electron chi connectivity index (χ1n) is 9.27. The first-order chi connectivity index (χ1) is 13.9. The number of likely N-dealkylation sites (tertiary alicyclic amines) is 1. The Labute approximate surface area is 166 Å². The number of hydrogen-bond acceptors (Lipinski definition) is 4. The average molecular weight is 395 g/mol. The van der Waals surface area contributed by atoms with E-state index >= 15 is 0 Å². The number of rotatable bonds is 4. The second-order valence-corrected chi connectivity index (χ2v) is 7.31. The molecule has 0 radical (unpaired) electrons. The van der Waals surface area contributed by atoms with Crippen molar-refractivity contribution in [3.05, 3.63) is 65.1 Å². The Hall–Kier alpha value is -3.31. The molecule has 148 valence electrons. The number of H-pyrrole nitrogens is 1. The molecular weight excluding hydrogens is 376 g/mol. The van der Waals surface area contributed by atoms with Crippen LogP contribution in [0.1, 0.15) is 28.2 Å². The predicted molar refractivity (Wildman–Crippen MR) is 103 cm³/mol. The smallest absolute Gasteiger partial charge is 0.270 e. The van der Waals surface area contributed by atoms with Crippen LogP contribution in [0.15, 0.2) is 36.5 Å². The van der Waals surface area contributed by atoms with Crippen LogP contribution in [-0.4, -0.2) is 51.9 Å². The maximum Gasteiger partial charge on any atom is 0.270 e. The normalized spacial score (nSPS) is 16.5. The minimum absolute atomic E-state index is 0.108. The lowest BCUT2D eigenvalue weighted by molar-refractivity contribution is 0.0774. The van der Waals surface area contributed by atoms with Crippen molar-refractivity contribution in [2.24, 2.45) is 0 Å². The van der Waals surface area contributed by atoms with Gasteiger partial charge < -0.3 is 9.88 Å². The highest BCUT2D eigenvalue weighted by molar-refractivity contribution is 5.98. The highest BCUT2D eigenvalue weighted by Crippen LogP contribution is 2.22. The lowest BCUT2D eigenvalue weighted by Gasteiger charge is -2.24. The molecule has 3 aromatic rings. The van der Waals surface area contributed by atoms with E-state index in [1.54, 1.807) is 29.3 Å². The molecule has 1 aliphatic rings. The number of aromatic nitrogens is 2. The van der Waals surface area contributed by atoms with E-state index in [2.05, 4.69) is 9.97 Å². The van der Waals surface area contributed by atoms with Gasteiger partial charge in [-0.25, -0.2) is 13.8 Å². The average Bonchev–Trinajstić information content (AvgIpc) is 3.36. The van der Waals surface area contributed by atoms with Crippen LogP contribution in [-0.2, 0) is 6.54 Å². The molecule has 4 rings (SSSR count). The maximum atomic E-state index is 13.4. The van der Waals surface area contributed by atoms with E-state index in [0.29, 0.717) is 42.1 Å². The van der Waals surface area contributed by atoms with E-state index in [-0.39, 0.29) is 11.9 Å². The van der Waals surface area contributed by atoms with E-state index in [1.165, 1.54) is 6.07 Å². The maximum absolute atomic E-state index is 13.4. The lowest BCUT2D eigenvalue weighted by Crippen LogP contribution is -2.36. The number of nitriles is 1. The van der Waals surface area contributed by atoms with Crippen LogP contribution in [0.2, 0.25) is 0 Å². The summed E-state index contributed by atoms with van der Waals surface area (Å²) in [6.45, 7) is 1.64. The van der Waals surface area contributed by atoms with E-state index in [9.17, 15) is 13.6 Å². The Balaban J connectivity index is 1.43. The number of nitrogens with one attached hydrogen (secondary N) is 1. The third-order valence-corrected chi connectivity index (χ3v) is 5.34. The molecule has 1 fully saturated rings. The molecule has 1 N–H and O–H groups in total. The van der Waals surface area contributed by atoms with Gasteiger partial charge in [0, 0.05) is 31.1 Å². The number of aromatic amines is 1. The number of amides is 1. The number of carbonyl (C=O) groups is 1. The van der Waals surface area contributed by atoms with E-state index in [4.69, 9.17) is 5.26 Å². The quantitative estimate of drug-likeness (QED) is 0.737. The van der Waals surface area contributed by atoms with Crippen LogP contribution in [0.5, 0.6) is 0 Å². The number of halogens is 2. The molecule has 8 heteroatoms. The molecule has 0 saturated carbocycles. The summed E-state index contributed by atoms with van der Waals surface area (Å²) in [5.41, 5.74) is 2.16. The van der Waals surface area contributed by atoms with Crippen molar-refractivity contribution in [3.63, 3.8) is 0 Å². The Morgan fingerprint density at radius 1 is 1.34 bits per heavy atom. The van der Waals surface area contributed by atoms with Gasteiger partial charge >= 0.3 is 0 Å². The monoisotopic (exact) mass is 395 g/mol. The summed E-state index contributed by atoms with van der Waals surface area (Å²) in [6, 6.07) is 9.40. The van der Waals surface area contributed by atoms with Gasteiger partial charge in [0.25, 0.3) is 5.91 Å². The summed E-state index contributed by atoms with van der Waals surface area (Å²) in [5, 5.41) is 9.73. The van der Waals surface area contributed by atoms with Gasteiger partial charge in [0.05, 0.1) is 11.7 Å². The molecule has 1 aromatic carbocycles. The van der Waals surface area contributed by atoms with Gasteiger partial charge in [-0.3, -0.25) is 9.69 Å². The molecule has 1 aliphatic heterocycles. The van der Waals surface area contributed by atoms with Crippen LogP contribution >= 0.6 is 0 Å². The van der Waals surface area contributed by atoms with Gasteiger partial charge in [0.2, 0.25) is 0 Å². The first-order valence-corrected chi connectivity index (χ1v) is 9.27. The number of pyridine rings is 1. The molecule has 1 saturated heterocycles. The van der Waals surface area contributed by atoms with Crippen molar-refractivity contribution in [2.75, 3.05) is 20.1 Å². The number of likely N-dealkylation sites (N-methyl/N-ethyl adjacent to an activating group) is 1. The third kappa shape index (κ3) is 3.82. The van der Waals surface area contributed by atoms with Gasteiger partial charge in [-0.15, -0.1) is 0 Å². The van der Waals surface area contributed by atoms with Crippen molar-refractivity contribution in [1.82, 2.24) is 19.8 Å². The van der Waals surface area contributed by atoms with Gasteiger partial charge in [-0.05, 0) is 43.3 Å². The summed E-state index contributed by atoms with van der Waals surface area (Å²) < 4.78 is 26.5. The third-order valence-electron chi connectivity index (χ3n) is 5.34. The van der Waals surface area contributed by atoms with Crippen molar-refractivity contribution in [2.45, 2.75) is 19.0 Å². The fourth-order valence-electron chi connectivity index (χ4n) is 3.72. The van der Waals surface area contributed by atoms with Crippen molar-refractivity contribution in [1.29, 1.82) is 5.26 Å². The van der Waals surface area contributed by atoms with Gasteiger partial charge in [-0.1, -0.05) is 6.07 Å². The predicted octanol–water partition coefficient (Wildman–Crippen LogP) is 3.06. The first kappa shape index (κ1) is 19.0.